The van der Waals surface area contributed by atoms with Gasteiger partial charge in [0.05, 0.1) is 17.7 Å². The lowest BCUT2D eigenvalue weighted by Crippen LogP contribution is -2.26. The van der Waals surface area contributed by atoms with Gasteiger partial charge in [-0.25, -0.2) is 4.79 Å². The van der Waals surface area contributed by atoms with Gasteiger partial charge in [-0.15, -0.1) is 11.3 Å². The Hall–Kier alpha value is -3.19. The third-order valence-electron chi connectivity index (χ3n) is 4.70. The van der Waals surface area contributed by atoms with Crippen LogP contribution in [0.1, 0.15) is 36.2 Å². The largest absolute Gasteiger partial charge is 0.510 e. The predicted octanol–water partition coefficient (Wildman–Crippen LogP) is 5.98. The van der Waals surface area contributed by atoms with Crippen LogP contribution in [0.5, 0.6) is 0 Å². The Kier molecular flexibility index (Phi) is 9.26. The Morgan fingerprint density at radius 1 is 1.28 bits per heavy atom. The molecule has 0 saturated carbocycles. The van der Waals surface area contributed by atoms with Crippen LogP contribution >= 0.6 is 30.5 Å². The number of fused-ring (bicyclic) bond motifs is 1. The van der Waals surface area contributed by atoms with Crippen LogP contribution < -0.4 is 5.32 Å². The molecule has 1 heterocycles. The van der Waals surface area contributed by atoms with E-state index in [4.69, 9.17) is 30.9 Å². The topological polar surface area (TPSA) is 135 Å². The molecule has 0 aliphatic carbocycles. The highest BCUT2D eigenvalue weighted by molar-refractivity contribution is 7.54. The Balaban J connectivity index is 1.86. The fourth-order valence-corrected chi connectivity index (χ4v) is 5.69. The molecule has 2 aromatic carbocycles. The number of halogens is 1. The van der Waals surface area contributed by atoms with Crippen molar-refractivity contribution in [2.45, 2.75) is 25.6 Å². The predicted molar refractivity (Wildman–Crippen MR) is 136 cm³/mol. The van der Waals surface area contributed by atoms with Crippen molar-refractivity contribution in [3.8, 4) is 6.07 Å². The Morgan fingerprint density at radius 3 is 2.78 bits per heavy atom. The number of ether oxygens (including phenoxy) is 2. The zero-order valence-corrected chi connectivity index (χ0v) is 21.7. The molecule has 188 valence electrons. The van der Waals surface area contributed by atoms with E-state index in [1.54, 1.807) is 61.7 Å². The van der Waals surface area contributed by atoms with Crippen molar-refractivity contribution in [3.05, 3.63) is 75.8 Å². The van der Waals surface area contributed by atoms with E-state index in [1.807, 2.05) is 6.07 Å². The number of rotatable bonds is 9. The van der Waals surface area contributed by atoms with Crippen molar-refractivity contribution in [1.82, 2.24) is 5.32 Å². The number of carbonyl (C=O) groups is 2. The Morgan fingerprint density at radius 2 is 2.06 bits per heavy atom. The van der Waals surface area contributed by atoms with Crippen LogP contribution in [0.4, 0.5) is 4.79 Å². The molecule has 3 rings (SSSR count). The fourth-order valence-electron chi connectivity index (χ4n) is 3.16. The van der Waals surface area contributed by atoms with E-state index in [0.29, 0.717) is 21.5 Å². The number of hydrogen-bond acceptors (Lipinski definition) is 8. The number of carbonyl (C=O) groups excluding carboxylic acids is 2. The summed E-state index contributed by atoms with van der Waals surface area (Å²) in [5.41, 5.74) is -0.360. The maximum Gasteiger partial charge on any atom is 0.510 e. The van der Waals surface area contributed by atoms with Gasteiger partial charge in [-0.2, -0.15) is 5.26 Å². The maximum absolute atomic E-state index is 13.3. The molecule has 3 aromatic rings. The van der Waals surface area contributed by atoms with E-state index in [0.717, 1.165) is 4.70 Å². The molecule has 36 heavy (non-hydrogen) atoms. The molecule has 1 aromatic heterocycles. The van der Waals surface area contributed by atoms with Crippen LogP contribution in [0.3, 0.4) is 0 Å². The van der Waals surface area contributed by atoms with Gasteiger partial charge in [0.25, 0.3) is 0 Å². The average molecular weight is 549 g/mol. The molecular formula is C24H22ClN2O7PS. The highest BCUT2D eigenvalue weighted by atomic mass is 35.5. The molecule has 12 heteroatoms. The molecule has 0 fully saturated rings. The van der Waals surface area contributed by atoms with Gasteiger partial charge in [-0.3, -0.25) is 13.9 Å². The van der Waals surface area contributed by atoms with Gasteiger partial charge in [0, 0.05) is 15.9 Å². The molecule has 0 radical (unpaired) electrons. The summed E-state index contributed by atoms with van der Waals surface area (Å²) in [6.45, 7) is 2.31. The molecule has 0 saturated heterocycles. The van der Waals surface area contributed by atoms with Crippen LogP contribution in [0.2, 0.25) is 5.02 Å². The van der Waals surface area contributed by atoms with Gasteiger partial charge in [-0.05, 0) is 72.1 Å². The van der Waals surface area contributed by atoms with E-state index in [9.17, 15) is 19.0 Å². The van der Waals surface area contributed by atoms with Gasteiger partial charge in [0.15, 0.2) is 5.66 Å². The molecule has 2 unspecified atom stereocenters. The van der Waals surface area contributed by atoms with Crippen LogP contribution in [0.15, 0.2) is 54.0 Å². The first-order valence-electron chi connectivity index (χ1n) is 10.5. The minimum absolute atomic E-state index is 0.227. The smallest absolute Gasteiger partial charge is 0.432 e. The van der Waals surface area contributed by atoms with Gasteiger partial charge in [0.2, 0.25) is 12.7 Å². The van der Waals surface area contributed by atoms with Crippen molar-refractivity contribution in [1.29, 1.82) is 5.26 Å². The highest BCUT2D eigenvalue weighted by Crippen LogP contribution is 2.58. The molecule has 2 N–H and O–H groups in total. The number of nitrogens with one attached hydrogen (secondary N) is 1. The van der Waals surface area contributed by atoms with Gasteiger partial charge < -0.3 is 19.7 Å². The molecule has 0 aliphatic rings. The second-order valence-corrected chi connectivity index (χ2v) is 10.9. The third-order valence-corrected chi connectivity index (χ3v) is 7.56. The SMILES string of the molecule is CC(C)OC(=O)OCOP(=O)(O)C(C(=O)NC=Cc1cccc(C#N)c1)c1csc2ccc(Cl)cc12. The third kappa shape index (κ3) is 7.17. The maximum atomic E-state index is 13.3. The first kappa shape index (κ1) is 27.4. The summed E-state index contributed by atoms with van der Waals surface area (Å²) >= 11 is 7.38. The molecule has 2 atom stereocenters. The second kappa shape index (κ2) is 12.2. The number of nitrogens with zero attached hydrogens (tertiary/aromatic N) is 1. The van der Waals surface area contributed by atoms with Crippen LogP contribution in [0.25, 0.3) is 16.2 Å². The molecule has 1 amide bonds. The summed E-state index contributed by atoms with van der Waals surface area (Å²) in [7, 11) is -4.74. The van der Waals surface area contributed by atoms with Gasteiger partial charge in [-0.1, -0.05) is 23.7 Å². The zero-order valence-electron chi connectivity index (χ0n) is 19.2. The van der Waals surface area contributed by atoms with Crippen LogP contribution in [0, 0.1) is 11.3 Å². The molecule has 0 bridgehead atoms. The monoisotopic (exact) mass is 548 g/mol. The standard InChI is InChI=1S/C24H22ClN2O7PS/c1-15(2)34-24(29)32-14-33-35(30,31)22(20-13-36-21-7-6-18(25)11-19(20)21)23(28)27-9-8-16-4-3-5-17(10-16)12-26/h3-11,13,15,22H,14H2,1-2H3,(H,27,28)(H,30,31). The average Bonchev–Trinajstić information content (AvgIpc) is 3.21. The van der Waals surface area contributed by atoms with Crippen molar-refractivity contribution < 1.29 is 33.0 Å². The lowest BCUT2D eigenvalue weighted by molar-refractivity contribution is -0.120. The van der Waals surface area contributed by atoms with E-state index in [2.05, 4.69) is 5.32 Å². The quantitative estimate of drug-likeness (QED) is 0.189. The lowest BCUT2D eigenvalue weighted by Gasteiger charge is -2.21. The first-order valence-corrected chi connectivity index (χ1v) is 13.5. The molecular weight excluding hydrogens is 527 g/mol. The summed E-state index contributed by atoms with van der Waals surface area (Å²) in [6, 6.07) is 13.7. The number of thiophene rings is 1. The summed E-state index contributed by atoms with van der Waals surface area (Å²) in [4.78, 5) is 35.6. The summed E-state index contributed by atoms with van der Waals surface area (Å²) in [5, 5.41) is 14.0. The number of amides is 1. The van der Waals surface area contributed by atoms with E-state index >= 15 is 0 Å². The summed E-state index contributed by atoms with van der Waals surface area (Å²) < 4.78 is 28.5. The highest BCUT2D eigenvalue weighted by Gasteiger charge is 2.41. The number of benzene rings is 2. The minimum atomic E-state index is -4.74. The number of nitriles is 1. The van der Waals surface area contributed by atoms with Crippen LogP contribution in [-0.4, -0.2) is 29.9 Å². The van der Waals surface area contributed by atoms with Crippen molar-refractivity contribution in [2.75, 3.05) is 6.79 Å². The van der Waals surface area contributed by atoms with E-state index in [-0.39, 0.29) is 5.56 Å². The summed E-state index contributed by atoms with van der Waals surface area (Å²) in [5.74, 6) is -0.835. The van der Waals surface area contributed by atoms with Crippen molar-refractivity contribution >= 4 is 58.8 Å². The van der Waals surface area contributed by atoms with E-state index in [1.165, 1.54) is 23.6 Å². The van der Waals surface area contributed by atoms with Crippen LogP contribution in [-0.2, 0) is 23.4 Å². The Labute approximate surface area is 216 Å². The lowest BCUT2D eigenvalue weighted by atomic mass is 10.1. The van der Waals surface area contributed by atoms with Crippen molar-refractivity contribution in [2.24, 2.45) is 0 Å². The zero-order chi connectivity index (χ0) is 26.3. The Bertz CT molecular complexity index is 1380. The minimum Gasteiger partial charge on any atom is -0.432 e. The second-order valence-electron chi connectivity index (χ2n) is 7.69. The molecule has 0 spiro atoms. The fraction of sp³-hybridized carbons (Fsp3) is 0.208. The number of hydrogen-bond donors (Lipinski definition) is 2. The normalized spacial score (nSPS) is 13.8. The first-order chi connectivity index (χ1) is 17.1. The van der Waals surface area contributed by atoms with E-state index < -0.39 is 38.2 Å². The van der Waals surface area contributed by atoms with Crippen molar-refractivity contribution in [3.63, 3.8) is 0 Å². The molecule has 9 nitrogen and oxygen atoms in total. The summed E-state index contributed by atoms with van der Waals surface area (Å²) in [6.07, 6.45) is 1.29. The van der Waals surface area contributed by atoms with Gasteiger partial charge >= 0.3 is 13.8 Å². The van der Waals surface area contributed by atoms with Gasteiger partial charge in [0.1, 0.15) is 0 Å². The molecule has 0 aliphatic heterocycles.